The lowest BCUT2D eigenvalue weighted by atomic mass is 9.88. The zero-order valence-electron chi connectivity index (χ0n) is 12.5. The van der Waals surface area contributed by atoms with Crippen molar-refractivity contribution in [1.82, 2.24) is 4.90 Å². The number of rotatable bonds is 5. The summed E-state index contributed by atoms with van der Waals surface area (Å²) in [6.45, 7) is 1.95. The molecule has 1 N–H and O–H groups in total. The fourth-order valence-corrected chi connectivity index (χ4v) is 2.90. The van der Waals surface area contributed by atoms with Gasteiger partial charge in [-0.1, -0.05) is 49.6 Å². The van der Waals surface area contributed by atoms with Crippen molar-refractivity contribution in [2.24, 2.45) is 5.92 Å². The maximum atomic E-state index is 12.7. The molecule has 0 radical (unpaired) electrons. The normalized spacial score (nSPS) is 17.2. The van der Waals surface area contributed by atoms with Gasteiger partial charge in [-0.15, -0.1) is 0 Å². The van der Waals surface area contributed by atoms with Crippen LogP contribution >= 0.6 is 0 Å². The van der Waals surface area contributed by atoms with Crippen LogP contribution in [0.1, 0.15) is 44.6 Å². The monoisotopic (exact) mass is 289 g/mol. The van der Waals surface area contributed by atoms with Crippen molar-refractivity contribution in [2.45, 2.75) is 51.6 Å². The van der Waals surface area contributed by atoms with Gasteiger partial charge in [0.2, 0.25) is 5.91 Å². The standard InChI is InChI=1S/C17H23NO3/c1-13(17(20)21)18(12-14-8-4-2-5-9-14)16(19)15-10-6-3-7-11-15/h2,4-5,8-9,13,15H,3,6-7,10-12H2,1H3,(H,20,21). The Morgan fingerprint density at radius 1 is 1.19 bits per heavy atom. The Morgan fingerprint density at radius 3 is 2.38 bits per heavy atom. The van der Waals surface area contributed by atoms with E-state index in [1.54, 1.807) is 6.92 Å². The molecular weight excluding hydrogens is 266 g/mol. The van der Waals surface area contributed by atoms with E-state index in [0.717, 1.165) is 31.2 Å². The van der Waals surface area contributed by atoms with Gasteiger partial charge in [0.1, 0.15) is 6.04 Å². The summed E-state index contributed by atoms with van der Waals surface area (Å²) in [6.07, 6.45) is 5.08. The summed E-state index contributed by atoms with van der Waals surface area (Å²) in [5.41, 5.74) is 0.967. The van der Waals surface area contributed by atoms with Gasteiger partial charge in [0.25, 0.3) is 0 Å². The smallest absolute Gasteiger partial charge is 0.326 e. The fraction of sp³-hybridized carbons (Fsp3) is 0.529. The number of aliphatic carboxylic acids is 1. The maximum absolute atomic E-state index is 12.7. The van der Waals surface area contributed by atoms with Gasteiger partial charge in [0.15, 0.2) is 0 Å². The third-order valence-corrected chi connectivity index (χ3v) is 4.26. The highest BCUT2D eigenvalue weighted by Gasteiger charge is 2.31. The third-order valence-electron chi connectivity index (χ3n) is 4.26. The molecule has 0 saturated heterocycles. The highest BCUT2D eigenvalue weighted by atomic mass is 16.4. The van der Waals surface area contributed by atoms with Crippen molar-refractivity contribution >= 4 is 11.9 Å². The first kappa shape index (κ1) is 15.5. The molecule has 2 rings (SSSR count). The van der Waals surface area contributed by atoms with E-state index in [9.17, 15) is 14.7 Å². The van der Waals surface area contributed by atoms with Crippen molar-refractivity contribution < 1.29 is 14.7 Å². The molecule has 114 valence electrons. The number of carbonyl (C=O) groups excluding carboxylic acids is 1. The number of amides is 1. The van der Waals surface area contributed by atoms with Gasteiger partial charge in [-0.05, 0) is 25.3 Å². The lowest BCUT2D eigenvalue weighted by Crippen LogP contribution is -2.45. The maximum Gasteiger partial charge on any atom is 0.326 e. The van der Waals surface area contributed by atoms with Crippen LogP contribution in [0.3, 0.4) is 0 Å². The molecule has 1 atom stereocenters. The number of benzene rings is 1. The number of hydrogen-bond donors (Lipinski definition) is 1. The van der Waals surface area contributed by atoms with Gasteiger partial charge < -0.3 is 10.0 Å². The molecule has 21 heavy (non-hydrogen) atoms. The second kappa shape index (κ2) is 7.25. The molecule has 1 fully saturated rings. The molecular formula is C17H23NO3. The van der Waals surface area contributed by atoms with Crippen LogP contribution in [0, 0.1) is 5.92 Å². The van der Waals surface area contributed by atoms with E-state index in [0.29, 0.717) is 6.54 Å². The summed E-state index contributed by atoms with van der Waals surface area (Å²) in [6, 6.07) is 8.79. The quantitative estimate of drug-likeness (QED) is 0.906. The zero-order chi connectivity index (χ0) is 15.2. The van der Waals surface area contributed by atoms with E-state index in [4.69, 9.17) is 0 Å². The summed E-state index contributed by atoms with van der Waals surface area (Å²) in [5.74, 6) is -0.965. The molecule has 0 spiro atoms. The Labute approximate surface area is 125 Å². The van der Waals surface area contributed by atoms with Gasteiger partial charge in [-0.25, -0.2) is 4.79 Å². The molecule has 1 aromatic carbocycles. The molecule has 0 bridgehead atoms. The van der Waals surface area contributed by atoms with Crippen LogP contribution in [-0.4, -0.2) is 27.9 Å². The average Bonchev–Trinajstić information content (AvgIpc) is 2.53. The van der Waals surface area contributed by atoms with Gasteiger partial charge in [-0.3, -0.25) is 4.79 Å². The summed E-state index contributed by atoms with van der Waals surface area (Å²) in [7, 11) is 0. The third kappa shape index (κ3) is 4.06. The summed E-state index contributed by atoms with van der Waals surface area (Å²) in [5, 5.41) is 9.28. The summed E-state index contributed by atoms with van der Waals surface area (Å²) in [4.78, 5) is 25.6. The van der Waals surface area contributed by atoms with Crippen molar-refractivity contribution in [1.29, 1.82) is 0 Å². The minimum Gasteiger partial charge on any atom is -0.480 e. The lowest BCUT2D eigenvalue weighted by Gasteiger charge is -2.32. The molecule has 1 aliphatic rings. The first-order valence-corrected chi connectivity index (χ1v) is 7.67. The van der Waals surface area contributed by atoms with Crippen LogP contribution in [0.5, 0.6) is 0 Å². The van der Waals surface area contributed by atoms with Crippen LogP contribution in [0.2, 0.25) is 0 Å². The first-order chi connectivity index (χ1) is 10.1. The highest BCUT2D eigenvalue weighted by molar-refractivity contribution is 5.84. The molecule has 0 aromatic heterocycles. The number of carboxylic acids is 1. The highest BCUT2D eigenvalue weighted by Crippen LogP contribution is 2.27. The number of carboxylic acid groups (broad SMARTS) is 1. The van der Waals surface area contributed by atoms with E-state index >= 15 is 0 Å². The fourth-order valence-electron chi connectivity index (χ4n) is 2.90. The molecule has 1 unspecified atom stereocenters. The van der Waals surface area contributed by atoms with Crippen LogP contribution in [-0.2, 0) is 16.1 Å². The largest absolute Gasteiger partial charge is 0.480 e. The van der Waals surface area contributed by atoms with E-state index < -0.39 is 12.0 Å². The predicted molar refractivity (Wildman–Crippen MR) is 80.7 cm³/mol. The molecule has 1 saturated carbocycles. The number of hydrogen-bond acceptors (Lipinski definition) is 2. The Hall–Kier alpha value is -1.84. The SMILES string of the molecule is CC(C(=O)O)N(Cc1ccccc1)C(=O)C1CCCCC1. The molecule has 0 heterocycles. The van der Waals surface area contributed by atoms with E-state index in [1.165, 1.54) is 11.3 Å². The molecule has 0 aliphatic heterocycles. The van der Waals surface area contributed by atoms with E-state index in [1.807, 2.05) is 30.3 Å². The average molecular weight is 289 g/mol. The Morgan fingerprint density at radius 2 is 1.81 bits per heavy atom. The molecule has 1 amide bonds. The van der Waals surface area contributed by atoms with Crippen LogP contribution in [0.4, 0.5) is 0 Å². The zero-order valence-corrected chi connectivity index (χ0v) is 12.5. The number of nitrogens with zero attached hydrogens (tertiary/aromatic N) is 1. The van der Waals surface area contributed by atoms with Crippen molar-refractivity contribution in [3.8, 4) is 0 Å². The van der Waals surface area contributed by atoms with E-state index in [2.05, 4.69) is 0 Å². The van der Waals surface area contributed by atoms with Crippen molar-refractivity contribution in [2.75, 3.05) is 0 Å². The van der Waals surface area contributed by atoms with E-state index in [-0.39, 0.29) is 11.8 Å². The molecule has 1 aliphatic carbocycles. The van der Waals surface area contributed by atoms with Gasteiger partial charge in [0.05, 0.1) is 0 Å². The minimum absolute atomic E-state index is 0.00606. The second-order valence-electron chi connectivity index (χ2n) is 5.80. The minimum atomic E-state index is -0.949. The summed E-state index contributed by atoms with van der Waals surface area (Å²) < 4.78 is 0. The van der Waals surface area contributed by atoms with Crippen molar-refractivity contribution in [3.05, 3.63) is 35.9 Å². The molecule has 4 heteroatoms. The van der Waals surface area contributed by atoms with Crippen LogP contribution < -0.4 is 0 Å². The predicted octanol–water partition coefficient (Wildman–Crippen LogP) is 3.07. The van der Waals surface area contributed by atoms with Gasteiger partial charge in [0, 0.05) is 12.5 Å². The van der Waals surface area contributed by atoms with Crippen LogP contribution in [0.15, 0.2) is 30.3 Å². The van der Waals surface area contributed by atoms with Gasteiger partial charge >= 0.3 is 5.97 Å². The molecule has 4 nitrogen and oxygen atoms in total. The lowest BCUT2D eigenvalue weighted by molar-refractivity contribution is -0.152. The van der Waals surface area contributed by atoms with Crippen LogP contribution in [0.25, 0.3) is 0 Å². The molecule has 1 aromatic rings. The van der Waals surface area contributed by atoms with Gasteiger partial charge in [-0.2, -0.15) is 0 Å². The first-order valence-electron chi connectivity index (χ1n) is 7.67. The number of carbonyl (C=O) groups is 2. The Balaban J connectivity index is 2.14. The second-order valence-corrected chi connectivity index (χ2v) is 5.80. The van der Waals surface area contributed by atoms with Crippen molar-refractivity contribution in [3.63, 3.8) is 0 Å². The summed E-state index contributed by atoms with van der Waals surface area (Å²) >= 11 is 0. The Kier molecular flexibility index (Phi) is 5.37. The topological polar surface area (TPSA) is 57.6 Å². The Bertz CT molecular complexity index is 480.